The topological polar surface area (TPSA) is 63.3 Å². The predicted octanol–water partition coefficient (Wildman–Crippen LogP) is 2.83. The van der Waals surface area contributed by atoms with Gasteiger partial charge in [0.05, 0.1) is 17.0 Å². The molecule has 0 amide bonds. The van der Waals surface area contributed by atoms with Crippen LogP contribution in [-0.4, -0.2) is 11.1 Å². The summed E-state index contributed by atoms with van der Waals surface area (Å²) in [5.41, 5.74) is 4.54. The standard InChI is InChI=1S/C10H9ClF3NO2/c11-7-2-1-5(8(15)4-9(16)17)3-6(7)10(12,13)14/h1-3,8H,4,15H2,(H,16,17)/t8-/m0/s1. The molecule has 94 valence electrons. The van der Waals surface area contributed by atoms with E-state index >= 15 is 0 Å². The van der Waals surface area contributed by atoms with Gasteiger partial charge in [0.15, 0.2) is 0 Å². The number of hydrogen-bond donors (Lipinski definition) is 2. The first-order chi connectivity index (χ1) is 7.71. The fraction of sp³-hybridized carbons (Fsp3) is 0.300. The Kier molecular flexibility index (Phi) is 4.00. The highest BCUT2D eigenvalue weighted by Crippen LogP contribution is 2.36. The maximum absolute atomic E-state index is 12.5. The molecule has 3 nitrogen and oxygen atoms in total. The molecule has 1 aromatic rings. The number of carboxylic acids is 1. The van der Waals surface area contributed by atoms with E-state index in [0.717, 1.165) is 12.1 Å². The summed E-state index contributed by atoms with van der Waals surface area (Å²) < 4.78 is 37.5. The minimum atomic E-state index is -4.59. The Morgan fingerprint density at radius 1 is 1.47 bits per heavy atom. The van der Waals surface area contributed by atoms with Crippen LogP contribution in [0.15, 0.2) is 18.2 Å². The molecule has 1 aromatic carbocycles. The van der Waals surface area contributed by atoms with Crippen LogP contribution in [0.1, 0.15) is 23.6 Å². The Hall–Kier alpha value is -1.27. The first-order valence-electron chi connectivity index (χ1n) is 4.56. The molecule has 3 N–H and O–H groups in total. The summed E-state index contributed by atoms with van der Waals surface area (Å²) in [7, 11) is 0. The molecule has 0 saturated heterocycles. The highest BCUT2D eigenvalue weighted by molar-refractivity contribution is 6.31. The van der Waals surface area contributed by atoms with Crippen LogP contribution in [0.25, 0.3) is 0 Å². The van der Waals surface area contributed by atoms with Gasteiger partial charge in [-0.05, 0) is 17.7 Å². The molecule has 0 aromatic heterocycles. The summed E-state index contributed by atoms with van der Waals surface area (Å²) in [6.07, 6.45) is -5.03. The van der Waals surface area contributed by atoms with E-state index in [9.17, 15) is 18.0 Å². The van der Waals surface area contributed by atoms with Crippen molar-refractivity contribution in [2.45, 2.75) is 18.6 Å². The van der Waals surface area contributed by atoms with Gasteiger partial charge < -0.3 is 10.8 Å². The molecule has 0 aliphatic carbocycles. The zero-order valence-corrected chi connectivity index (χ0v) is 9.22. The van der Waals surface area contributed by atoms with Crippen LogP contribution < -0.4 is 5.73 Å². The van der Waals surface area contributed by atoms with E-state index in [2.05, 4.69) is 0 Å². The van der Waals surface area contributed by atoms with Crippen LogP contribution in [0.5, 0.6) is 0 Å². The zero-order chi connectivity index (χ0) is 13.2. The first-order valence-corrected chi connectivity index (χ1v) is 4.93. The van der Waals surface area contributed by atoms with Gasteiger partial charge in [0, 0.05) is 6.04 Å². The van der Waals surface area contributed by atoms with Crippen LogP contribution in [0.2, 0.25) is 5.02 Å². The van der Waals surface area contributed by atoms with Crippen molar-refractivity contribution in [2.75, 3.05) is 0 Å². The third-order valence-electron chi connectivity index (χ3n) is 2.12. The molecule has 0 saturated carbocycles. The molecule has 0 radical (unpaired) electrons. The maximum atomic E-state index is 12.5. The largest absolute Gasteiger partial charge is 0.481 e. The lowest BCUT2D eigenvalue weighted by molar-refractivity contribution is -0.137. The second kappa shape index (κ2) is 4.93. The molecule has 0 unspecified atom stereocenters. The predicted molar refractivity (Wildman–Crippen MR) is 55.6 cm³/mol. The first kappa shape index (κ1) is 13.8. The van der Waals surface area contributed by atoms with Gasteiger partial charge in [-0.2, -0.15) is 13.2 Å². The second-order valence-corrected chi connectivity index (χ2v) is 3.85. The van der Waals surface area contributed by atoms with Crippen LogP contribution in [0, 0.1) is 0 Å². The maximum Gasteiger partial charge on any atom is 0.417 e. The second-order valence-electron chi connectivity index (χ2n) is 3.44. The fourth-order valence-corrected chi connectivity index (χ4v) is 1.52. The third kappa shape index (κ3) is 3.61. The minimum Gasteiger partial charge on any atom is -0.481 e. The number of aliphatic carboxylic acids is 1. The van der Waals surface area contributed by atoms with E-state index in [1.807, 2.05) is 0 Å². The number of hydrogen-bond acceptors (Lipinski definition) is 2. The van der Waals surface area contributed by atoms with Crippen molar-refractivity contribution < 1.29 is 23.1 Å². The van der Waals surface area contributed by atoms with Crippen LogP contribution in [0.3, 0.4) is 0 Å². The molecule has 0 aliphatic heterocycles. The molecule has 17 heavy (non-hydrogen) atoms. The molecular formula is C10H9ClF3NO2. The Bertz CT molecular complexity index is 434. The number of halogens is 4. The quantitative estimate of drug-likeness (QED) is 0.885. The normalized spacial score (nSPS) is 13.5. The van der Waals surface area contributed by atoms with Gasteiger partial charge in [0.25, 0.3) is 0 Å². The fourth-order valence-electron chi connectivity index (χ4n) is 1.30. The number of nitrogens with two attached hydrogens (primary N) is 1. The van der Waals surface area contributed by atoms with E-state index in [0.29, 0.717) is 0 Å². The van der Waals surface area contributed by atoms with Crippen molar-refractivity contribution in [1.29, 1.82) is 0 Å². The number of carbonyl (C=O) groups is 1. The van der Waals surface area contributed by atoms with Crippen molar-refractivity contribution in [1.82, 2.24) is 0 Å². The Morgan fingerprint density at radius 3 is 2.53 bits per heavy atom. The number of carboxylic acid groups (broad SMARTS) is 1. The lowest BCUT2D eigenvalue weighted by Gasteiger charge is -2.14. The monoisotopic (exact) mass is 267 g/mol. The van der Waals surface area contributed by atoms with E-state index in [1.54, 1.807) is 0 Å². The number of alkyl halides is 3. The summed E-state index contributed by atoms with van der Waals surface area (Å²) in [5, 5.41) is 8.06. The van der Waals surface area contributed by atoms with Crippen LogP contribution in [0.4, 0.5) is 13.2 Å². The smallest absolute Gasteiger partial charge is 0.417 e. The van der Waals surface area contributed by atoms with E-state index < -0.39 is 35.2 Å². The van der Waals surface area contributed by atoms with E-state index in [-0.39, 0.29) is 5.56 Å². The third-order valence-corrected chi connectivity index (χ3v) is 2.45. The molecular weight excluding hydrogens is 259 g/mol. The van der Waals surface area contributed by atoms with E-state index in [4.69, 9.17) is 22.4 Å². The SMILES string of the molecule is N[C@@H](CC(=O)O)c1ccc(Cl)c(C(F)(F)F)c1. The van der Waals surface area contributed by atoms with Gasteiger partial charge in [-0.25, -0.2) is 0 Å². The number of benzene rings is 1. The summed E-state index contributed by atoms with van der Waals surface area (Å²) in [5.74, 6) is -1.18. The van der Waals surface area contributed by atoms with Crippen molar-refractivity contribution in [3.8, 4) is 0 Å². The summed E-state index contributed by atoms with van der Waals surface area (Å²) in [4.78, 5) is 10.4. The minimum absolute atomic E-state index is 0.0872. The van der Waals surface area contributed by atoms with Gasteiger partial charge in [0.2, 0.25) is 0 Å². The van der Waals surface area contributed by atoms with Crippen LogP contribution >= 0.6 is 11.6 Å². The van der Waals surface area contributed by atoms with Gasteiger partial charge in [-0.15, -0.1) is 0 Å². The molecule has 0 aliphatic rings. The Morgan fingerprint density at radius 2 is 2.06 bits per heavy atom. The lowest BCUT2D eigenvalue weighted by Crippen LogP contribution is -2.16. The van der Waals surface area contributed by atoms with Crippen molar-refractivity contribution >= 4 is 17.6 Å². The summed E-state index contributed by atoms with van der Waals surface area (Å²) in [6, 6.07) is 2.12. The molecule has 0 fully saturated rings. The van der Waals surface area contributed by atoms with E-state index in [1.165, 1.54) is 6.07 Å². The summed E-state index contributed by atoms with van der Waals surface area (Å²) >= 11 is 5.41. The van der Waals surface area contributed by atoms with Gasteiger partial charge >= 0.3 is 12.1 Å². The number of rotatable bonds is 3. The van der Waals surface area contributed by atoms with Crippen LogP contribution in [-0.2, 0) is 11.0 Å². The highest BCUT2D eigenvalue weighted by Gasteiger charge is 2.33. The molecule has 0 spiro atoms. The molecule has 0 heterocycles. The molecule has 7 heteroatoms. The Balaban J connectivity index is 3.08. The van der Waals surface area contributed by atoms with Gasteiger partial charge in [-0.1, -0.05) is 17.7 Å². The average molecular weight is 268 g/mol. The highest BCUT2D eigenvalue weighted by atomic mass is 35.5. The Labute approximate surface area is 100.0 Å². The average Bonchev–Trinajstić information content (AvgIpc) is 2.15. The van der Waals surface area contributed by atoms with Crippen molar-refractivity contribution in [3.05, 3.63) is 34.3 Å². The molecule has 1 atom stereocenters. The lowest BCUT2D eigenvalue weighted by atomic mass is 10.0. The van der Waals surface area contributed by atoms with Crippen molar-refractivity contribution in [3.63, 3.8) is 0 Å². The van der Waals surface area contributed by atoms with Gasteiger partial charge in [-0.3, -0.25) is 4.79 Å². The van der Waals surface area contributed by atoms with Crippen molar-refractivity contribution in [2.24, 2.45) is 5.73 Å². The van der Waals surface area contributed by atoms with Gasteiger partial charge in [0.1, 0.15) is 0 Å². The summed E-state index contributed by atoms with van der Waals surface area (Å²) in [6.45, 7) is 0. The molecule has 1 rings (SSSR count). The zero-order valence-electron chi connectivity index (χ0n) is 8.46. The molecule has 0 bridgehead atoms.